The lowest BCUT2D eigenvalue weighted by Gasteiger charge is -2.03. The molecule has 0 radical (unpaired) electrons. The summed E-state index contributed by atoms with van der Waals surface area (Å²) in [6, 6.07) is 13.1. The summed E-state index contributed by atoms with van der Waals surface area (Å²) < 4.78 is 10.7. The highest BCUT2D eigenvalue weighted by atomic mass is 16.5. The fraction of sp³-hybridized carbons (Fsp3) is 0.100. The minimum atomic E-state index is -0.229. The Balaban J connectivity index is 1.41. The first-order chi connectivity index (χ1) is 12.3. The van der Waals surface area contributed by atoms with Crippen LogP contribution < -0.4 is 10.1 Å². The van der Waals surface area contributed by atoms with E-state index in [4.69, 9.17) is 9.15 Å². The minimum Gasteiger partial charge on any atom is -0.481 e. The Morgan fingerprint density at radius 2 is 2.20 bits per heavy atom. The Morgan fingerprint density at radius 1 is 1.24 bits per heavy atom. The van der Waals surface area contributed by atoms with E-state index in [2.05, 4.69) is 22.1 Å². The topological polar surface area (TPSA) is 64.4 Å². The van der Waals surface area contributed by atoms with Crippen LogP contribution in [0.15, 0.2) is 65.4 Å². The van der Waals surface area contributed by atoms with E-state index in [0.717, 1.165) is 10.9 Å². The Morgan fingerprint density at radius 3 is 3.08 bits per heavy atom. The SMILES string of the molecule is O=C(/C=C/c1ccco1)NCC#CCOc1ccc2cccnc2c1. The number of nitrogens with zero attached hydrogens (tertiary/aromatic N) is 1. The Kier molecular flexibility index (Phi) is 5.47. The zero-order valence-electron chi connectivity index (χ0n) is 13.4. The standard InChI is InChI=1S/C20H16N2O3/c23-20(10-9-17-6-4-14-24-17)22-11-1-2-13-25-18-8-7-16-5-3-12-21-19(16)15-18/h3-10,12,14-15H,11,13H2,(H,22,23)/b10-9+. The van der Waals surface area contributed by atoms with Gasteiger partial charge in [0.15, 0.2) is 0 Å². The molecule has 1 N–H and O–H groups in total. The molecule has 0 atom stereocenters. The molecule has 25 heavy (non-hydrogen) atoms. The molecule has 0 unspecified atom stereocenters. The first kappa shape index (κ1) is 16.3. The van der Waals surface area contributed by atoms with Crippen molar-refractivity contribution in [3.63, 3.8) is 0 Å². The van der Waals surface area contributed by atoms with Gasteiger partial charge in [-0.25, -0.2) is 0 Å². The van der Waals surface area contributed by atoms with Crippen LogP contribution in [-0.4, -0.2) is 24.0 Å². The number of pyridine rings is 1. The molecule has 0 saturated carbocycles. The van der Waals surface area contributed by atoms with Gasteiger partial charge in [0, 0.05) is 23.7 Å². The van der Waals surface area contributed by atoms with Gasteiger partial charge in [-0.15, -0.1) is 0 Å². The molecule has 0 spiro atoms. The van der Waals surface area contributed by atoms with Gasteiger partial charge in [-0.2, -0.15) is 0 Å². The number of amides is 1. The monoisotopic (exact) mass is 332 g/mol. The van der Waals surface area contributed by atoms with E-state index < -0.39 is 0 Å². The van der Waals surface area contributed by atoms with Gasteiger partial charge >= 0.3 is 0 Å². The summed E-state index contributed by atoms with van der Waals surface area (Å²) in [5.41, 5.74) is 0.878. The van der Waals surface area contributed by atoms with Gasteiger partial charge in [0.2, 0.25) is 5.91 Å². The second-order valence-corrected chi connectivity index (χ2v) is 5.07. The van der Waals surface area contributed by atoms with Crippen molar-refractivity contribution in [2.24, 2.45) is 0 Å². The molecule has 0 fully saturated rings. The van der Waals surface area contributed by atoms with E-state index >= 15 is 0 Å². The number of hydrogen-bond acceptors (Lipinski definition) is 4. The Bertz CT molecular complexity index is 934. The number of furan rings is 1. The molecule has 3 rings (SSSR count). The van der Waals surface area contributed by atoms with E-state index in [1.807, 2.05) is 30.3 Å². The fourth-order valence-electron chi connectivity index (χ4n) is 2.10. The second-order valence-electron chi connectivity index (χ2n) is 5.07. The first-order valence-corrected chi connectivity index (χ1v) is 7.74. The van der Waals surface area contributed by atoms with Crippen molar-refractivity contribution in [1.82, 2.24) is 10.3 Å². The smallest absolute Gasteiger partial charge is 0.244 e. The number of carbonyl (C=O) groups excluding carboxylic acids is 1. The maximum atomic E-state index is 11.6. The average Bonchev–Trinajstić information content (AvgIpc) is 3.16. The minimum absolute atomic E-state index is 0.229. The summed E-state index contributed by atoms with van der Waals surface area (Å²) in [6.45, 7) is 0.500. The molecule has 0 saturated heterocycles. The molecule has 1 amide bonds. The van der Waals surface area contributed by atoms with Gasteiger partial charge in [0.1, 0.15) is 18.1 Å². The first-order valence-electron chi connectivity index (χ1n) is 7.74. The van der Waals surface area contributed by atoms with Gasteiger partial charge in [-0.05, 0) is 36.4 Å². The van der Waals surface area contributed by atoms with Crippen molar-refractivity contribution in [3.05, 3.63) is 66.8 Å². The predicted octanol–water partition coefficient (Wildman–Crippen LogP) is 3.04. The maximum absolute atomic E-state index is 11.6. The summed E-state index contributed by atoms with van der Waals surface area (Å²) in [6.07, 6.45) is 6.29. The molecule has 5 nitrogen and oxygen atoms in total. The molecule has 5 heteroatoms. The van der Waals surface area contributed by atoms with Crippen LogP contribution in [0.3, 0.4) is 0 Å². The van der Waals surface area contributed by atoms with E-state index in [1.54, 1.807) is 30.7 Å². The number of benzene rings is 1. The number of rotatable bonds is 5. The molecule has 0 bridgehead atoms. The van der Waals surface area contributed by atoms with Crippen molar-refractivity contribution in [2.75, 3.05) is 13.2 Å². The number of hydrogen-bond donors (Lipinski definition) is 1. The van der Waals surface area contributed by atoms with Gasteiger partial charge in [0.05, 0.1) is 18.3 Å². The van der Waals surface area contributed by atoms with Crippen molar-refractivity contribution < 1.29 is 13.9 Å². The quantitative estimate of drug-likeness (QED) is 0.576. The molecular formula is C20H16N2O3. The normalized spacial score (nSPS) is 10.4. The summed E-state index contributed by atoms with van der Waals surface area (Å²) >= 11 is 0. The van der Waals surface area contributed by atoms with E-state index in [9.17, 15) is 4.79 Å². The third kappa shape index (κ3) is 4.98. The van der Waals surface area contributed by atoms with Crippen LogP contribution in [-0.2, 0) is 4.79 Å². The van der Waals surface area contributed by atoms with Gasteiger partial charge in [-0.3, -0.25) is 9.78 Å². The lowest BCUT2D eigenvalue weighted by atomic mass is 10.2. The molecule has 0 aliphatic rings. The summed E-state index contributed by atoms with van der Waals surface area (Å²) in [4.78, 5) is 15.8. The number of nitrogens with one attached hydrogen (secondary N) is 1. The third-order valence-electron chi connectivity index (χ3n) is 3.31. The molecule has 0 aliphatic carbocycles. The summed E-state index contributed by atoms with van der Waals surface area (Å²) in [5, 5.41) is 3.72. The lowest BCUT2D eigenvalue weighted by molar-refractivity contribution is -0.116. The van der Waals surface area contributed by atoms with Crippen LogP contribution in [0, 0.1) is 11.8 Å². The highest BCUT2D eigenvalue weighted by molar-refractivity contribution is 5.91. The molecule has 0 aliphatic heterocycles. The summed E-state index contributed by atoms with van der Waals surface area (Å²) in [7, 11) is 0. The molecule has 124 valence electrons. The van der Waals surface area contributed by atoms with Crippen LogP contribution in [0.4, 0.5) is 0 Å². The predicted molar refractivity (Wildman–Crippen MR) is 95.8 cm³/mol. The van der Waals surface area contributed by atoms with E-state index in [0.29, 0.717) is 11.5 Å². The number of fused-ring (bicyclic) bond motifs is 1. The maximum Gasteiger partial charge on any atom is 0.244 e. The lowest BCUT2D eigenvalue weighted by Crippen LogP contribution is -2.21. The van der Waals surface area contributed by atoms with E-state index in [1.165, 1.54) is 6.08 Å². The molecular weight excluding hydrogens is 316 g/mol. The molecule has 3 aromatic rings. The molecule has 1 aromatic carbocycles. The Labute approximate surface area is 145 Å². The number of carbonyl (C=O) groups is 1. The number of aromatic nitrogens is 1. The van der Waals surface area contributed by atoms with Crippen LogP contribution in [0.5, 0.6) is 5.75 Å². The number of ether oxygens (including phenoxy) is 1. The third-order valence-corrected chi connectivity index (χ3v) is 3.31. The zero-order valence-corrected chi connectivity index (χ0v) is 13.4. The molecule has 2 heterocycles. The van der Waals surface area contributed by atoms with Crippen molar-refractivity contribution >= 4 is 22.9 Å². The Hall–Kier alpha value is -3.52. The van der Waals surface area contributed by atoms with Crippen LogP contribution in [0.1, 0.15) is 5.76 Å². The van der Waals surface area contributed by atoms with Crippen LogP contribution in [0.25, 0.3) is 17.0 Å². The largest absolute Gasteiger partial charge is 0.481 e. The highest BCUT2D eigenvalue weighted by Gasteiger charge is 1.97. The average molecular weight is 332 g/mol. The second kappa shape index (κ2) is 8.37. The highest BCUT2D eigenvalue weighted by Crippen LogP contribution is 2.18. The van der Waals surface area contributed by atoms with Crippen LogP contribution in [0.2, 0.25) is 0 Å². The van der Waals surface area contributed by atoms with Crippen molar-refractivity contribution in [1.29, 1.82) is 0 Å². The van der Waals surface area contributed by atoms with Gasteiger partial charge in [-0.1, -0.05) is 17.9 Å². The fourth-order valence-corrected chi connectivity index (χ4v) is 2.10. The van der Waals surface area contributed by atoms with Gasteiger partial charge in [0.25, 0.3) is 0 Å². The summed E-state index contributed by atoms with van der Waals surface area (Å²) in [5.74, 6) is 6.80. The van der Waals surface area contributed by atoms with Crippen molar-refractivity contribution in [3.8, 4) is 17.6 Å². The van der Waals surface area contributed by atoms with Gasteiger partial charge < -0.3 is 14.5 Å². The van der Waals surface area contributed by atoms with Crippen molar-refractivity contribution in [2.45, 2.75) is 0 Å². The van der Waals surface area contributed by atoms with E-state index in [-0.39, 0.29) is 19.1 Å². The van der Waals surface area contributed by atoms with Crippen LogP contribution >= 0.6 is 0 Å². The molecule has 2 aromatic heterocycles. The zero-order chi connectivity index (χ0) is 17.3.